The third-order valence-electron chi connectivity index (χ3n) is 9.42. The van der Waals surface area contributed by atoms with Crippen molar-refractivity contribution in [2.45, 2.75) is 70.2 Å². The molecule has 9 nitrogen and oxygen atoms in total. The van der Waals surface area contributed by atoms with Gasteiger partial charge in [-0.3, -0.25) is 19.2 Å². The van der Waals surface area contributed by atoms with Crippen molar-refractivity contribution in [2.24, 2.45) is 34.5 Å². The first-order valence-corrected chi connectivity index (χ1v) is 11.8. The molecule has 0 heterocycles. The topological polar surface area (TPSA) is 169 Å². The zero-order valence-corrected chi connectivity index (χ0v) is 22.3. The third kappa shape index (κ3) is 4.18. The summed E-state index contributed by atoms with van der Waals surface area (Å²) in [6.45, 7) is 3.71. The average Bonchev–Trinajstić information content (AvgIpc) is 3.02. The van der Waals surface area contributed by atoms with E-state index in [1.165, 1.54) is 6.08 Å². The molecule has 3 saturated carbocycles. The van der Waals surface area contributed by atoms with E-state index in [-0.39, 0.29) is 67.4 Å². The summed E-state index contributed by atoms with van der Waals surface area (Å²) in [6, 6.07) is 0. The van der Waals surface area contributed by atoms with E-state index in [0.29, 0.717) is 19.3 Å². The molecule has 35 heavy (non-hydrogen) atoms. The van der Waals surface area contributed by atoms with E-state index < -0.39 is 58.7 Å². The molecule has 0 spiro atoms. The number of carboxylic acid groups (broad SMARTS) is 2. The molecule has 10 heteroatoms. The number of rotatable bonds is 6. The van der Waals surface area contributed by atoms with Crippen LogP contribution in [0.3, 0.4) is 0 Å². The normalized spacial score (nSPS) is 41.4. The van der Waals surface area contributed by atoms with Gasteiger partial charge < -0.3 is 27.0 Å². The van der Waals surface area contributed by atoms with Crippen molar-refractivity contribution in [2.75, 3.05) is 0 Å². The number of aliphatic hydroxyl groups excluding tert-OH is 2. The van der Waals surface area contributed by atoms with E-state index in [4.69, 9.17) is 5.11 Å². The molecule has 0 bridgehead atoms. The van der Waals surface area contributed by atoms with Gasteiger partial charge in [-0.1, -0.05) is 25.5 Å². The number of carboxylic acids is 2. The van der Waals surface area contributed by atoms with Crippen LogP contribution in [-0.4, -0.2) is 66.8 Å². The maximum atomic E-state index is 13.4. The summed E-state index contributed by atoms with van der Waals surface area (Å²) in [5, 5.41) is 52.0. The smallest absolute Gasteiger partial charge is 1.00 e. The minimum Gasteiger partial charge on any atom is -1.00 e. The van der Waals surface area contributed by atoms with Crippen molar-refractivity contribution in [1.82, 2.24) is 0 Å². The van der Waals surface area contributed by atoms with Crippen molar-refractivity contribution < 1.29 is 75.7 Å². The first-order valence-electron chi connectivity index (χ1n) is 11.8. The Labute approximate surface area is 227 Å². The van der Waals surface area contributed by atoms with Crippen LogP contribution in [0.1, 0.15) is 53.8 Å². The van der Waals surface area contributed by atoms with E-state index in [1.807, 2.05) is 13.0 Å². The van der Waals surface area contributed by atoms with E-state index in [1.54, 1.807) is 13.0 Å². The molecule has 3 fully saturated rings. The number of aliphatic carboxylic acids is 2. The molecule has 2 unspecified atom stereocenters. The number of fused-ring (bicyclic) bond motifs is 5. The van der Waals surface area contributed by atoms with Crippen LogP contribution in [0.15, 0.2) is 23.8 Å². The molecular weight excluding hydrogens is 467 g/mol. The Kier molecular flexibility index (Phi) is 7.66. The predicted molar refractivity (Wildman–Crippen MR) is 118 cm³/mol. The second-order valence-electron chi connectivity index (χ2n) is 11.0. The Hall–Kier alpha value is -1.36. The van der Waals surface area contributed by atoms with Crippen molar-refractivity contribution in [3.63, 3.8) is 0 Å². The number of hydrogen-bond donors (Lipinski definition) is 5. The summed E-state index contributed by atoms with van der Waals surface area (Å²) in [6.07, 6.45) is 2.81. The number of carbonyl (C=O) groups is 4. The van der Waals surface area contributed by atoms with Crippen LogP contribution >= 0.6 is 0 Å². The summed E-state index contributed by atoms with van der Waals surface area (Å²) >= 11 is 0. The van der Waals surface area contributed by atoms with Crippen LogP contribution in [0.4, 0.5) is 0 Å². The summed E-state index contributed by atoms with van der Waals surface area (Å²) in [5.74, 6) is -6.60. The number of Topliss-reactive ketones (excluding diaryl/α,β-unsaturated/α-hetero) is 1. The number of ketones is 2. The SMILES string of the molecule is C[C@]12C=CC(=O)C=C1CC[C@@H]1[C@@H]2[C@@H](O)C[C@@]2(C)[C@H]1CC[C@]2(O)C(=O)C(O)C(CC(=O)O)C(=O)O.[H-].[Na+]. The summed E-state index contributed by atoms with van der Waals surface area (Å²) in [7, 11) is 0. The molecule has 4 aliphatic rings. The van der Waals surface area contributed by atoms with Crippen LogP contribution in [0, 0.1) is 34.5 Å². The summed E-state index contributed by atoms with van der Waals surface area (Å²) < 4.78 is 0. The fourth-order valence-corrected chi connectivity index (χ4v) is 7.68. The molecule has 4 aliphatic carbocycles. The molecule has 0 aromatic heterocycles. The van der Waals surface area contributed by atoms with Gasteiger partial charge in [-0.2, -0.15) is 0 Å². The van der Waals surface area contributed by atoms with E-state index in [0.717, 1.165) is 5.57 Å². The van der Waals surface area contributed by atoms with Crippen molar-refractivity contribution in [3.05, 3.63) is 23.8 Å². The third-order valence-corrected chi connectivity index (χ3v) is 9.42. The summed E-state index contributed by atoms with van der Waals surface area (Å²) in [4.78, 5) is 47.9. The maximum Gasteiger partial charge on any atom is 1.00 e. The van der Waals surface area contributed by atoms with Crippen LogP contribution in [0.5, 0.6) is 0 Å². The van der Waals surface area contributed by atoms with Crippen LogP contribution < -0.4 is 29.6 Å². The molecule has 0 aromatic rings. The van der Waals surface area contributed by atoms with E-state index in [9.17, 15) is 39.6 Å². The molecular formula is C25H33NaO9. The quantitative estimate of drug-likeness (QED) is 0.265. The van der Waals surface area contributed by atoms with Gasteiger partial charge in [0, 0.05) is 16.7 Å². The van der Waals surface area contributed by atoms with Gasteiger partial charge >= 0.3 is 41.5 Å². The van der Waals surface area contributed by atoms with Gasteiger partial charge in [0.2, 0.25) is 0 Å². The minimum absolute atomic E-state index is 0. The molecule has 9 atom stereocenters. The number of allylic oxidation sites excluding steroid dienone is 4. The Morgan fingerprint density at radius 2 is 1.86 bits per heavy atom. The second-order valence-corrected chi connectivity index (χ2v) is 11.0. The van der Waals surface area contributed by atoms with Gasteiger partial charge in [-0.05, 0) is 56.1 Å². The fraction of sp³-hybridized carbons (Fsp3) is 0.680. The minimum atomic E-state index is -2.19. The maximum absolute atomic E-state index is 13.4. The van der Waals surface area contributed by atoms with Gasteiger partial charge in [-0.25, -0.2) is 0 Å². The van der Waals surface area contributed by atoms with Gasteiger partial charge in [0.25, 0.3) is 0 Å². The largest absolute Gasteiger partial charge is 1.00 e. The Bertz CT molecular complexity index is 1010. The Morgan fingerprint density at radius 1 is 1.20 bits per heavy atom. The molecule has 0 aromatic carbocycles. The molecule has 0 saturated heterocycles. The van der Waals surface area contributed by atoms with Gasteiger partial charge in [0.15, 0.2) is 11.6 Å². The number of hydrogen-bond acceptors (Lipinski definition) is 7. The zero-order valence-electron chi connectivity index (χ0n) is 21.3. The second kappa shape index (κ2) is 9.50. The molecule has 4 rings (SSSR count). The standard InChI is InChI=1S/C25H32O9.Na.H/c1-23-7-5-13(26)9-12(23)3-4-14-16-6-8-25(34,24(16,2)11-17(27)19(14)23)21(31)20(30)15(22(32)33)10-18(28)29;;/h5,7,9,14-17,19-20,27,30,34H,3-4,6,8,10-11H2,1-2H3,(H,28,29)(H,32,33);;/q;+1;-1/t14-,15?,16-,17-,19+,20?,23-,24-,25-;;/m0../s1. The van der Waals surface area contributed by atoms with Crippen LogP contribution in [0.25, 0.3) is 0 Å². The number of carbonyl (C=O) groups excluding carboxylic acids is 2. The average molecular weight is 501 g/mol. The molecule has 0 radical (unpaired) electrons. The van der Waals surface area contributed by atoms with Gasteiger partial charge in [0.1, 0.15) is 17.6 Å². The summed E-state index contributed by atoms with van der Waals surface area (Å²) in [5.41, 5.74) is -2.76. The van der Waals surface area contributed by atoms with Crippen LogP contribution in [-0.2, 0) is 19.2 Å². The molecule has 0 amide bonds. The van der Waals surface area contributed by atoms with Crippen molar-refractivity contribution in [1.29, 1.82) is 0 Å². The van der Waals surface area contributed by atoms with E-state index >= 15 is 0 Å². The number of aliphatic hydroxyl groups is 3. The predicted octanol–water partition coefficient (Wildman–Crippen LogP) is -1.78. The van der Waals surface area contributed by atoms with Crippen molar-refractivity contribution >= 4 is 23.5 Å². The van der Waals surface area contributed by atoms with Gasteiger partial charge in [0.05, 0.1) is 12.5 Å². The molecule has 188 valence electrons. The first-order chi connectivity index (χ1) is 15.8. The van der Waals surface area contributed by atoms with E-state index in [2.05, 4.69) is 0 Å². The monoisotopic (exact) mass is 500 g/mol. The fourth-order valence-electron chi connectivity index (χ4n) is 7.68. The van der Waals surface area contributed by atoms with Crippen LogP contribution in [0.2, 0.25) is 0 Å². The van der Waals surface area contributed by atoms with Crippen molar-refractivity contribution in [3.8, 4) is 0 Å². The molecule has 0 aliphatic heterocycles. The zero-order chi connectivity index (χ0) is 25.2. The Balaban J connectivity index is 0.00000228. The van der Waals surface area contributed by atoms with Gasteiger partial charge in [-0.15, -0.1) is 0 Å². The Morgan fingerprint density at radius 3 is 2.46 bits per heavy atom. The first kappa shape index (κ1) is 28.2. The molecule has 5 N–H and O–H groups in total.